The predicted octanol–water partition coefficient (Wildman–Crippen LogP) is 4.44. The summed E-state index contributed by atoms with van der Waals surface area (Å²) in [7, 11) is -3.78. The highest BCUT2D eigenvalue weighted by atomic mass is 35.5. The van der Waals surface area contributed by atoms with Gasteiger partial charge >= 0.3 is 0 Å². The van der Waals surface area contributed by atoms with E-state index in [4.69, 9.17) is 23.2 Å². The van der Waals surface area contributed by atoms with Crippen molar-refractivity contribution in [2.75, 3.05) is 5.32 Å². The van der Waals surface area contributed by atoms with E-state index in [1.807, 2.05) is 0 Å². The van der Waals surface area contributed by atoms with E-state index in [1.165, 1.54) is 6.07 Å². The van der Waals surface area contributed by atoms with E-state index in [1.54, 1.807) is 31.2 Å². The van der Waals surface area contributed by atoms with Crippen LogP contribution < -0.4 is 10.0 Å². The molecule has 1 amide bonds. The number of benzene rings is 1. The lowest BCUT2D eigenvalue weighted by molar-refractivity contribution is -0.117. The van der Waals surface area contributed by atoms with Crippen LogP contribution in [-0.4, -0.2) is 14.3 Å². The summed E-state index contributed by atoms with van der Waals surface area (Å²) >= 11 is 12.8. The van der Waals surface area contributed by atoms with Crippen molar-refractivity contribution < 1.29 is 13.2 Å². The maximum absolute atomic E-state index is 12.4. The zero-order valence-corrected chi connectivity index (χ0v) is 16.4. The Morgan fingerprint density at radius 2 is 1.88 bits per heavy atom. The molecular formula is C16H16Cl2N2O3S2. The van der Waals surface area contributed by atoms with E-state index < -0.39 is 16.1 Å². The first kappa shape index (κ1) is 18.7. The Morgan fingerprint density at radius 3 is 2.40 bits per heavy atom. The molecule has 1 atom stereocenters. The van der Waals surface area contributed by atoms with Crippen molar-refractivity contribution in [3.8, 4) is 0 Å². The third kappa shape index (κ3) is 4.54. The number of carbonyl (C=O) groups excluding carboxylic acids is 1. The first-order valence-electron chi connectivity index (χ1n) is 7.64. The van der Waals surface area contributed by atoms with Crippen LogP contribution >= 0.6 is 34.5 Å². The Hall–Kier alpha value is -1.12. The minimum atomic E-state index is -3.78. The summed E-state index contributed by atoms with van der Waals surface area (Å²) in [4.78, 5) is 11.7. The Bertz CT molecular complexity index is 891. The number of hydrogen-bond acceptors (Lipinski definition) is 4. The van der Waals surface area contributed by atoms with Crippen LogP contribution in [0.25, 0.3) is 0 Å². The maximum Gasteiger partial charge on any atom is 0.243 e. The van der Waals surface area contributed by atoms with Crippen LogP contribution in [0.2, 0.25) is 8.67 Å². The van der Waals surface area contributed by atoms with Gasteiger partial charge in [0.05, 0.1) is 4.34 Å². The third-order valence-electron chi connectivity index (χ3n) is 3.87. The molecule has 2 N–H and O–H groups in total. The van der Waals surface area contributed by atoms with E-state index in [0.29, 0.717) is 10.0 Å². The number of anilines is 1. The van der Waals surface area contributed by atoms with Crippen molar-refractivity contribution in [2.45, 2.75) is 30.7 Å². The highest BCUT2D eigenvalue weighted by molar-refractivity contribution is 7.89. The van der Waals surface area contributed by atoms with Gasteiger partial charge in [-0.2, -0.15) is 0 Å². The monoisotopic (exact) mass is 418 g/mol. The minimum absolute atomic E-state index is 0.0238. The lowest BCUT2D eigenvalue weighted by Crippen LogP contribution is -2.26. The number of hydrogen-bond donors (Lipinski definition) is 2. The van der Waals surface area contributed by atoms with Crippen LogP contribution in [-0.2, 0) is 14.8 Å². The largest absolute Gasteiger partial charge is 0.326 e. The van der Waals surface area contributed by atoms with Crippen molar-refractivity contribution in [1.82, 2.24) is 4.72 Å². The molecule has 1 aromatic carbocycles. The maximum atomic E-state index is 12.4. The molecule has 1 aromatic heterocycles. The summed E-state index contributed by atoms with van der Waals surface area (Å²) in [5.74, 6) is 0.165. The first-order chi connectivity index (χ1) is 11.8. The highest BCUT2D eigenvalue weighted by Crippen LogP contribution is 2.35. The second kappa shape index (κ2) is 7.25. The molecule has 0 aliphatic heterocycles. The zero-order valence-electron chi connectivity index (χ0n) is 13.3. The molecule has 0 radical (unpaired) electrons. The van der Waals surface area contributed by atoms with Crippen molar-refractivity contribution in [1.29, 1.82) is 0 Å². The van der Waals surface area contributed by atoms with Crippen LogP contribution in [0.15, 0.2) is 35.2 Å². The summed E-state index contributed by atoms with van der Waals surface area (Å²) in [5, 5.41) is 2.85. The average Bonchev–Trinajstić information content (AvgIpc) is 3.32. The molecule has 0 saturated heterocycles. The normalized spacial score (nSPS) is 15.8. The van der Waals surface area contributed by atoms with Crippen molar-refractivity contribution in [2.24, 2.45) is 5.92 Å². The second-order valence-electron chi connectivity index (χ2n) is 5.92. The fourth-order valence-electron chi connectivity index (χ4n) is 2.32. The van der Waals surface area contributed by atoms with Crippen LogP contribution in [0.5, 0.6) is 0 Å². The summed E-state index contributed by atoms with van der Waals surface area (Å²) in [6.45, 7) is 1.73. The topological polar surface area (TPSA) is 75.3 Å². The lowest BCUT2D eigenvalue weighted by atomic mass is 10.1. The number of sulfonamides is 1. The molecule has 134 valence electrons. The molecule has 0 bridgehead atoms. The number of amides is 1. The van der Waals surface area contributed by atoms with Gasteiger partial charge in [-0.3, -0.25) is 4.79 Å². The van der Waals surface area contributed by atoms with Gasteiger partial charge in [-0.05, 0) is 43.5 Å². The number of halogens is 2. The molecule has 1 heterocycles. The average molecular weight is 419 g/mol. The quantitative estimate of drug-likeness (QED) is 0.727. The molecule has 5 nitrogen and oxygen atoms in total. The summed E-state index contributed by atoms with van der Waals surface area (Å²) < 4.78 is 27.9. The van der Waals surface area contributed by atoms with E-state index in [2.05, 4.69) is 10.0 Å². The molecule has 1 unspecified atom stereocenters. The Labute approximate surface area is 160 Å². The SMILES string of the molecule is CC(NS(=O)(=O)c1cc(Cl)sc1Cl)c1ccc(NC(=O)C2CC2)cc1. The molecule has 1 aliphatic carbocycles. The van der Waals surface area contributed by atoms with Gasteiger partial charge < -0.3 is 5.32 Å². The summed E-state index contributed by atoms with van der Waals surface area (Å²) in [5.41, 5.74) is 1.47. The summed E-state index contributed by atoms with van der Waals surface area (Å²) in [6.07, 6.45) is 1.88. The Balaban J connectivity index is 1.69. The second-order valence-corrected chi connectivity index (χ2v) is 9.88. The molecule has 3 rings (SSSR count). The number of carbonyl (C=O) groups is 1. The molecule has 2 aromatic rings. The van der Waals surface area contributed by atoms with Gasteiger partial charge in [0, 0.05) is 17.6 Å². The van der Waals surface area contributed by atoms with Crippen LogP contribution in [0.3, 0.4) is 0 Å². The van der Waals surface area contributed by atoms with Gasteiger partial charge in [-0.1, -0.05) is 35.3 Å². The molecule has 25 heavy (non-hydrogen) atoms. The van der Waals surface area contributed by atoms with Gasteiger partial charge in [0.2, 0.25) is 15.9 Å². The van der Waals surface area contributed by atoms with Crippen LogP contribution in [0.4, 0.5) is 5.69 Å². The zero-order chi connectivity index (χ0) is 18.2. The van der Waals surface area contributed by atoms with E-state index in [0.717, 1.165) is 29.7 Å². The Morgan fingerprint density at radius 1 is 1.24 bits per heavy atom. The molecule has 9 heteroatoms. The molecule has 1 fully saturated rings. The lowest BCUT2D eigenvalue weighted by Gasteiger charge is -2.15. The third-order valence-corrected chi connectivity index (χ3v) is 7.17. The smallest absolute Gasteiger partial charge is 0.243 e. The number of thiophene rings is 1. The Kier molecular flexibility index (Phi) is 5.41. The predicted molar refractivity (Wildman–Crippen MR) is 101 cm³/mol. The van der Waals surface area contributed by atoms with E-state index >= 15 is 0 Å². The minimum Gasteiger partial charge on any atom is -0.326 e. The highest BCUT2D eigenvalue weighted by Gasteiger charge is 2.29. The van der Waals surface area contributed by atoms with Crippen molar-refractivity contribution in [3.63, 3.8) is 0 Å². The van der Waals surface area contributed by atoms with Gasteiger partial charge in [0.25, 0.3) is 0 Å². The van der Waals surface area contributed by atoms with Gasteiger partial charge in [-0.15, -0.1) is 11.3 Å². The van der Waals surface area contributed by atoms with E-state index in [9.17, 15) is 13.2 Å². The standard InChI is InChI=1S/C16H16Cl2N2O3S2/c1-9(20-25(22,23)13-8-14(17)24-15(13)18)10-4-6-12(7-5-10)19-16(21)11-2-3-11/h4-9,11,20H,2-3H2,1H3,(H,19,21). The molecular weight excluding hydrogens is 403 g/mol. The van der Waals surface area contributed by atoms with Gasteiger partial charge in [-0.25, -0.2) is 13.1 Å². The van der Waals surface area contributed by atoms with Gasteiger partial charge in [0.1, 0.15) is 9.23 Å². The van der Waals surface area contributed by atoms with Crippen molar-refractivity contribution in [3.05, 3.63) is 44.6 Å². The van der Waals surface area contributed by atoms with Gasteiger partial charge in [0.15, 0.2) is 0 Å². The molecule has 0 spiro atoms. The number of nitrogens with one attached hydrogen (secondary N) is 2. The summed E-state index contributed by atoms with van der Waals surface area (Å²) in [6, 6.07) is 7.94. The first-order valence-corrected chi connectivity index (χ1v) is 10.7. The van der Waals surface area contributed by atoms with E-state index in [-0.39, 0.29) is 21.1 Å². The number of rotatable bonds is 6. The van der Waals surface area contributed by atoms with Crippen molar-refractivity contribution >= 4 is 56.2 Å². The molecule has 1 saturated carbocycles. The molecule has 1 aliphatic rings. The fraction of sp³-hybridized carbons (Fsp3) is 0.312. The van der Waals surface area contributed by atoms with Crippen LogP contribution in [0.1, 0.15) is 31.4 Å². The van der Waals surface area contributed by atoms with Crippen LogP contribution in [0, 0.1) is 5.92 Å². The fourth-order valence-corrected chi connectivity index (χ4v) is 5.70.